The number of halogens is 1. The zero-order valence-electron chi connectivity index (χ0n) is 11.6. The van der Waals surface area contributed by atoms with Crippen LogP contribution < -0.4 is 15.4 Å². The van der Waals surface area contributed by atoms with Crippen LogP contribution in [0.25, 0.3) is 0 Å². The van der Waals surface area contributed by atoms with E-state index < -0.39 is 0 Å². The van der Waals surface area contributed by atoms with E-state index in [1.165, 1.54) is 6.07 Å². The normalized spacial score (nSPS) is 12.0. The van der Waals surface area contributed by atoms with Gasteiger partial charge < -0.3 is 15.4 Å². The largest absolute Gasteiger partial charge is 0.484 e. The van der Waals surface area contributed by atoms with E-state index in [1.807, 2.05) is 13.8 Å². The fourth-order valence-corrected chi connectivity index (χ4v) is 1.57. The summed E-state index contributed by atoms with van der Waals surface area (Å²) in [5.41, 5.74) is 0.574. The van der Waals surface area contributed by atoms with Crippen LogP contribution in [0, 0.1) is 5.82 Å². The van der Waals surface area contributed by atoms with Crippen LogP contribution in [0.3, 0.4) is 0 Å². The molecule has 1 rings (SSSR count). The third-order valence-electron chi connectivity index (χ3n) is 2.81. The summed E-state index contributed by atoms with van der Waals surface area (Å²) in [6, 6.07) is 4.56. The molecule has 5 heteroatoms. The van der Waals surface area contributed by atoms with Crippen molar-refractivity contribution in [3.8, 4) is 5.75 Å². The Hall–Kier alpha value is -1.62. The highest BCUT2D eigenvalue weighted by Crippen LogP contribution is 2.21. The van der Waals surface area contributed by atoms with Gasteiger partial charge in [0.1, 0.15) is 11.6 Å². The lowest BCUT2D eigenvalue weighted by atomic mass is 10.1. The summed E-state index contributed by atoms with van der Waals surface area (Å²) < 4.78 is 19.0. The van der Waals surface area contributed by atoms with Crippen molar-refractivity contribution in [2.24, 2.45) is 0 Å². The van der Waals surface area contributed by atoms with Gasteiger partial charge in [0.25, 0.3) is 5.91 Å². The Morgan fingerprint density at radius 3 is 2.79 bits per heavy atom. The highest BCUT2D eigenvalue weighted by molar-refractivity contribution is 5.77. The molecular formula is C14H21FN2O2. The minimum atomic E-state index is -0.340. The van der Waals surface area contributed by atoms with Gasteiger partial charge in [0.05, 0.1) is 0 Å². The molecule has 0 aliphatic carbocycles. The second-order valence-corrected chi connectivity index (χ2v) is 4.33. The summed E-state index contributed by atoms with van der Waals surface area (Å²) in [5.74, 6) is -0.181. The van der Waals surface area contributed by atoms with Crippen LogP contribution >= 0.6 is 0 Å². The second-order valence-electron chi connectivity index (χ2n) is 4.33. The first-order chi connectivity index (χ1) is 9.08. The van der Waals surface area contributed by atoms with Crippen molar-refractivity contribution in [1.29, 1.82) is 0 Å². The average Bonchev–Trinajstić information content (AvgIpc) is 2.42. The number of rotatable bonds is 7. The first-order valence-corrected chi connectivity index (χ1v) is 6.44. The molecule has 106 valence electrons. The molecule has 0 fully saturated rings. The number of amides is 1. The third kappa shape index (κ3) is 4.87. The predicted molar refractivity (Wildman–Crippen MR) is 72.7 cm³/mol. The van der Waals surface area contributed by atoms with Crippen LogP contribution in [0.15, 0.2) is 18.2 Å². The van der Waals surface area contributed by atoms with Crippen LogP contribution in [-0.2, 0) is 4.79 Å². The molecule has 0 spiro atoms. The Kier molecular flexibility index (Phi) is 6.29. The molecule has 1 atom stereocenters. The van der Waals surface area contributed by atoms with E-state index in [1.54, 1.807) is 19.2 Å². The van der Waals surface area contributed by atoms with Gasteiger partial charge in [-0.2, -0.15) is 0 Å². The number of carbonyl (C=O) groups excluding carboxylic acids is 1. The Bertz CT molecular complexity index is 424. The number of hydrogen-bond donors (Lipinski definition) is 2. The van der Waals surface area contributed by atoms with Gasteiger partial charge in [-0.05, 0) is 26.5 Å². The maximum atomic E-state index is 13.8. The van der Waals surface area contributed by atoms with E-state index in [0.29, 0.717) is 17.9 Å². The second kappa shape index (κ2) is 7.74. The van der Waals surface area contributed by atoms with Gasteiger partial charge in [-0.3, -0.25) is 4.79 Å². The van der Waals surface area contributed by atoms with Gasteiger partial charge in [0.15, 0.2) is 6.61 Å². The van der Waals surface area contributed by atoms with E-state index in [2.05, 4.69) is 10.6 Å². The standard InChI is InChI=1S/C14H21FN2O2/c1-4-7-17-14(18)9-19-11-5-6-12(10(2)16-3)13(15)8-11/h5-6,8,10,16H,4,7,9H2,1-3H3,(H,17,18). The molecule has 0 aliphatic rings. The van der Waals surface area contributed by atoms with Crippen molar-refractivity contribution in [2.75, 3.05) is 20.2 Å². The molecule has 4 nitrogen and oxygen atoms in total. The molecule has 0 aliphatic heterocycles. The maximum Gasteiger partial charge on any atom is 0.257 e. The first-order valence-electron chi connectivity index (χ1n) is 6.44. The molecule has 0 aromatic heterocycles. The quantitative estimate of drug-likeness (QED) is 0.795. The molecular weight excluding hydrogens is 247 g/mol. The molecule has 1 amide bonds. The lowest BCUT2D eigenvalue weighted by molar-refractivity contribution is -0.123. The van der Waals surface area contributed by atoms with Gasteiger partial charge in [-0.1, -0.05) is 13.0 Å². The summed E-state index contributed by atoms with van der Waals surface area (Å²) in [5, 5.41) is 5.66. The minimum absolute atomic E-state index is 0.0677. The fraction of sp³-hybridized carbons (Fsp3) is 0.500. The van der Waals surface area contributed by atoms with Crippen molar-refractivity contribution in [3.63, 3.8) is 0 Å². The monoisotopic (exact) mass is 268 g/mol. The smallest absolute Gasteiger partial charge is 0.257 e. The van der Waals surface area contributed by atoms with Gasteiger partial charge in [-0.25, -0.2) is 4.39 Å². The minimum Gasteiger partial charge on any atom is -0.484 e. The maximum absolute atomic E-state index is 13.8. The lowest BCUT2D eigenvalue weighted by Gasteiger charge is -2.13. The zero-order valence-corrected chi connectivity index (χ0v) is 11.6. The number of carbonyl (C=O) groups is 1. The SMILES string of the molecule is CCCNC(=O)COc1ccc(C(C)NC)c(F)c1. The zero-order chi connectivity index (χ0) is 14.3. The highest BCUT2D eigenvalue weighted by Gasteiger charge is 2.10. The average molecular weight is 268 g/mol. The number of nitrogens with one attached hydrogen (secondary N) is 2. The Morgan fingerprint density at radius 2 is 2.21 bits per heavy atom. The molecule has 0 heterocycles. The van der Waals surface area contributed by atoms with Gasteiger partial charge in [-0.15, -0.1) is 0 Å². The van der Waals surface area contributed by atoms with Crippen molar-refractivity contribution in [1.82, 2.24) is 10.6 Å². The lowest BCUT2D eigenvalue weighted by Crippen LogP contribution is -2.29. The number of hydrogen-bond acceptors (Lipinski definition) is 3. The molecule has 1 aromatic rings. The van der Waals surface area contributed by atoms with Crippen LogP contribution in [0.1, 0.15) is 31.9 Å². The Labute approximate surface area is 113 Å². The van der Waals surface area contributed by atoms with Crippen molar-refractivity contribution in [2.45, 2.75) is 26.3 Å². The van der Waals surface area contributed by atoms with E-state index in [0.717, 1.165) is 6.42 Å². The molecule has 19 heavy (non-hydrogen) atoms. The van der Waals surface area contributed by atoms with E-state index >= 15 is 0 Å². The number of benzene rings is 1. The summed E-state index contributed by atoms with van der Waals surface area (Å²) in [7, 11) is 1.77. The van der Waals surface area contributed by atoms with Gasteiger partial charge in [0, 0.05) is 24.2 Å². The Balaban J connectivity index is 2.56. The van der Waals surface area contributed by atoms with Crippen LogP contribution in [0.4, 0.5) is 4.39 Å². The van der Waals surface area contributed by atoms with Crippen molar-refractivity contribution < 1.29 is 13.9 Å². The summed E-state index contributed by atoms with van der Waals surface area (Å²) in [4.78, 5) is 11.3. The molecule has 0 bridgehead atoms. The molecule has 1 aromatic carbocycles. The van der Waals surface area contributed by atoms with Crippen molar-refractivity contribution >= 4 is 5.91 Å². The molecule has 0 saturated carbocycles. The summed E-state index contributed by atoms with van der Waals surface area (Å²) in [6.45, 7) is 4.37. The summed E-state index contributed by atoms with van der Waals surface area (Å²) >= 11 is 0. The molecule has 2 N–H and O–H groups in total. The molecule has 0 radical (unpaired) electrons. The van der Waals surface area contributed by atoms with Gasteiger partial charge >= 0.3 is 0 Å². The third-order valence-corrected chi connectivity index (χ3v) is 2.81. The fourth-order valence-electron chi connectivity index (χ4n) is 1.57. The van der Waals surface area contributed by atoms with E-state index in [9.17, 15) is 9.18 Å². The number of ether oxygens (including phenoxy) is 1. The van der Waals surface area contributed by atoms with Crippen LogP contribution in [0.2, 0.25) is 0 Å². The topological polar surface area (TPSA) is 50.4 Å². The summed E-state index contributed by atoms with van der Waals surface area (Å²) in [6.07, 6.45) is 0.872. The first kappa shape index (κ1) is 15.4. The van der Waals surface area contributed by atoms with Crippen molar-refractivity contribution in [3.05, 3.63) is 29.6 Å². The Morgan fingerprint density at radius 1 is 1.47 bits per heavy atom. The van der Waals surface area contributed by atoms with E-state index in [4.69, 9.17) is 4.74 Å². The van der Waals surface area contributed by atoms with Gasteiger partial charge in [0.2, 0.25) is 0 Å². The molecule has 0 saturated heterocycles. The van der Waals surface area contributed by atoms with Crippen LogP contribution in [0.5, 0.6) is 5.75 Å². The predicted octanol–water partition coefficient (Wildman–Crippen LogP) is 2.01. The molecule has 1 unspecified atom stereocenters. The van der Waals surface area contributed by atoms with Crippen LogP contribution in [-0.4, -0.2) is 26.1 Å². The highest BCUT2D eigenvalue weighted by atomic mass is 19.1. The van der Waals surface area contributed by atoms with E-state index in [-0.39, 0.29) is 24.4 Å².